The molecule has 20 heavy (non-hydrogen) atoms. The Hall–Kier alpha value is -1.66. The minimum Gasteiger partial charge on any atom is -0.342 e. The predicted octanol–water partition coefficient (Wildman–Crippen LogP) is 1.93. The average molecular weight is 293 g/mol. The number of benzene rings is 1. The van der Waals surface area contributed by atoms with E-state index in [-0.39, 0.29) is 5.92 Å². The number of aromatic nitrogens is 2. The van der Waals surface area contributed by atoms with E-state index >= 15 is 0 Å². The molecule has 0 saturated carbocycles. The summed E-state index contributed by atoms with van der Waals surface area (Å²) in [6.45, 7) is 2.70. The van der Waals surface area contributed by atoms with E-state index in [4.69, 9.17) is 5.73 Å². The number of nitrogens with two attached hydrogens (primary N) is 1. The number of nitrogens with one attached hydrogen (secondary N) is 1. The van der Waals surface area contributed by atoms with Crippen molar-refractivity contribution in [1.82, 2.24) is 9.97 Å². The first-order chi connectivity index (χ1) is 9.41. The second-order valence-corrected chi connectivity index (χ2v) is 6.97. The normalized spacial score (nSPS) is 13.3. The molecule has 0 bridgehead atoms. The summed E-state index contributed by atoms with van der Waals surface area (Å²) >= 11 is 0. The molecule has 108 valence electrons. The van der Waals surface area contributed by atoms with Crippen molar-refractivity contribution in [2.75, 3.05) is 12.8 Å². The van der Waals surface area contributed by atoms with Gasteiger partial charge in [0.1, 0.15) is 5.82 Å². The highest BCUT2D eigenvalue weighted by molar-refractivity contribution is 7.90. The van der Waals surface area contributed by atoms with Crippen LogP contribution in [0.25, 0.3) is 11.3 Å². The summed E-state index contributed by atoms with van der Waals surface area (Å²) in [5.74, 6) is 1.18. The third-order valence-electron chi connectivity index (χ3n) is 3.26. The molecule has 0 aliphatic rings. The second kappa shape index (κ2) is 5.76. The molecule has 1 unspecified atom stereocenters. The van der Waals surface area contributed by atoms with E-state index in [0.29, 0.717) is 11.4 Å². The van der Waals surface area contributed by atoms with Crippen LogP contribution in [0.2, 0.25) is 0 Å². The molecule has 1 heterocycles. The van der Waals surface area contributed by atoms with Gasteiger partial charge < -0.3 is 10.7 Å². The van der Waals surface area contributed by atoms with Gasteiger partial charge in [-0.2, -0.15) is 0 Å². The zero-order valence-corrected chi connectivity index (χ0v) is 12.4. The molecule has 1 aromatic heterocycles. The van der Waals surface area contributed by atoms with Gasteiger partial charge in [0.25, 0.3) is 0 Å². The molecule has 6 heteroatoms. The van der Waals surface area contributed by atoms with Crippen LogP contribution in [-0.2, 0) is 9.84 Å². The molecule has 2 rings (SSSR count). The number of sulfone groups is 1. The molecule has 1 aromatic carbocycles. The monoisotopic (exact) mass is 293 g/mol. The highest BCUT2D eigenvalue weighted by Gasteiger charge is 2.11. The Morgan fingerprint density at radius 1 is 1.30 bits per heavy atom. The average Bonchev–Trinajstić information content (AvgIpc) is 2.88. The van der Waals surface area contributed by atoms with Gasteiger partial charge in [0.15, 0.2) is 9.84 Å². The molecule has 0 aliphatic carbocycles. The van der Waals surface area contributed by atoms with Gasteiger partial charge in [0, 0.05) is 12.2 Å². The first kappa shape index (κ1) is 14.7. The van der Waals surface area contributed by atoms with E-state index in [0.717, 1.165) is 23.5 Å². The number of hydrogen-bond acceptors (Lipinski definition) is 4. The summed E-state index contributed by atoms with van der Waals surface area (Å²) < 4.78 is 22.8. The maximum Gasteiger partial charge on any atom is 0.175 e. The van der Waals surface area contributed by atoms with Crippen LogP contribution < -0.4 is 5.73 Å². The van der Waals surface area contributed by atoms with Crippen molar-refractivity contribution in [2.24, 2.45) is 5.73 Å². The number of hydrogen-bond donors (Lipinski definition) is 2. The third-order valence-corrected chi connectivity index (χ3v) is 4.38. The molecule has 0 saturated heterocycles. The molecule has 3 N–H and O–H groups in total. The Morgan fingerprint density at radius 3 is 2.50 bits per heavy atom. The van der Waals surface area contributed by atoms with E-state index in [2.05, 4.69) is 16.9 Å². The van der Waals surface area contributed by atoms with Crippen LogP contribution in [0.3, 0.4) is 0 Å². The van der Waals surface area contributed by atoms with Gasteiger partial charge in [-0.15, -0.1) is 0 Å². The summed E-state index contributed by atoms with van der Waals surface area (Å²) in [5, 5.41) is 0. The number of rotatable bonds is 5. The zero-order chi connectivity index (χ0) is 14.8. The van der Waals surface area contributed by atoms with E-state index < -0.39 is 9.84 Å². The van der Waals surface area contributed by atoms with Crippen LogP contribution in [0.5, 0.6) is 0 Å². The zero-order valence-electron chi connectivity index (χ0n) is 11.6. The van der Waals surface area contributed by atoms with Gasteiger partial charge in [-0.3, -0.25) is 0 Å². The van der Waals surface area contributed by atoms with Crippen molar-refractivity contribution in [3.05, 3.63) is 36.3 Å². The Bertz CT molecular complexity index is 675. The minimum atomic E-state index is -3.16. The lowest BCUT2D eigenvalue weighted by Gasteiger charge is -2.05. The topological polar surface area (TPSA) is 88.8 Å². The summed E-state index contributed by atoms with van der Waals surface area (Å²) in [6.07, 6.45) is 3.84. The van der Waals surface area contributed by atoms with Crippen molar-refractivity contribution in [3.63, 3.8) is 0 Å². The molecular weight excluding hydrogens is 274 g/mol. The van der Waals surface area contributed by atoms with Crippen molar-refractivity contribution < 1.29 is 8.42 Å². The minimum absolute atomic E-state index is 0.282. The lowest BCUT2D eigenvalue weighted by atomic mass is 10.1. The Morgan fingerprint density at radius 2 is 1.95 bits per heavy atom. The number of nitrogens with zero attached hydrogens (tertiary/aromatic N) is 1. The van der Waals surface area contributed by atoms with Gasteiger partial charge in [-0.05, 0) is 30.7 Å². The molecule has 1 atom stereocenters. The highest BCUT2D eigenvalue weighted by atomic mass is 32.2. The largest absolute Gasteiger partial charge is 0.342 e. The predicted molar refractivity (Wildman–Crippen MR) is 79.2 cm³/mol. The van der Waals surface area contributed by atoms with Crippen molar-refractivity contribution in [2.45, 2.75) is 24.2 Å². The highest BCUT2D eigenvalue weighted by Crippen LogP contribution is 2.22. The number of aromatic amines is 1. The summed E-state index contributed by atoms with van der Waals surface area (Å²) in [4.78, 5) is 7.93. The van der Waals surface area contributed by atoms with E-state index in [1.807, 2.05) is 0 Å². The van der Waals surface area contributed by atoms with E-state index in [9.17, 15) is 8.42 Å². The van der Waals surface area contributed by atoms with Crippen LogP contribution >= 0.6 is 0 Å². The summed E-state index contributed by atoms with van der Waals surface area (Å²) in [5.41, 5.74) is 7.34. The molecule has 0 amide bonds. The van der Waals surface area contributed by atoms with Gasteiger partial charge in [-0.1, -0.05) is 19.1 Å². The molecule has 0 aliphatic heterocycles. The Balaban J connectivity index is 2.24. The van der Waals surface area contributed by atoms with Gasteiger partial charge in [0.05, 0.1) is 16.8 Å². The SMILES string of the molecule is CC(CCN)c1ncc(-c2ccc(S(C)(=O)=O)cc2)[nH]1. The standard InChI is InChI=1S/C14H19N3O2S/c1-10(7-8-15)14-16-9-13(17-14)11-3-5-12(6-4-11)20(2,18)19/h3-6,9-10H,7-8,15H2,1-2H3,(H,16,17). The fourth-order valence-corrected chi connectivity index (χ4v) is 2.63. The lowest BCUT2D eigenvalue weighted by Crippen LogP contribution is -2.05. The second-order valence-electron chi connectivity index (χ2n) is 4.96. The van der Waals surface area contributed by atoms with Crippen LogP contribution in [0.15, 0.2) is 35.4 Å². The smallest absolute Gasteiger partial charge is 0.175 e. The third kappa shape index (κ3) is 3.26. The molecular formula is C14H19N3O2S. The van der Waals surface area contributed by atoms with Crippen LogP contribution in [-0.4, -0.2) is 31.2 Å². The van der Waals surface area contributed by atoms with Crippen LogP contribution in [0.1, 0.15) is 25.1 Å². The van der Waals surface area contributed by atoms with Crippen molar-refractivity contribution in [3.8, 4) is 11.3 Å². The number of H-pyrrole nitrogens is 1. The maximum atomic E-state index is 11.4. The van der Waals surface area contributed by atoms with Gasteiger partial charge in [-0.25, -0.2) is 13.4 Å². The maximum absolute atomic E-state index is 11.4. The van der Waals surface area contributed by atoms with Crippen molar-refractivity contribution in [1.29, 1.82) is 0 Å². The van der Waals surface area contributed by atoms with Crippen molar-refractivity contribution >= 4 is 9.84 Å². The summed E-state index contributed by atoms with van der Waals surface area (Å²) in [6, 6.07) is 6.77. The fourth-order valence-electron chi connectivity index (χ4n) is 2.00. The van der Waals surface area contributed by atoms with Crippen LogP contribution in [0.4, 0.5) is 0 Å². The van der Waals surface area contributed by atoms with Crippen LogP contribution in [0, 0.1) is 0 Å². The lowest BCUT2D eigenvalue weighted by molar-refractivity contribution is 0.602. The fraction of sp³-hybridized carbons (Fsp3) is 0.357. The first-order valence-corrected chi connectivity index (χ1v) is 8.36. The van der Waals surface area contributed by atoms with E-state index in [1.54, 1.807) is 30.5 Å². The molecule has 5 nitrogen and oxygen atoms in total. The molecule has 0 radical (unpaired) electrons. The van der Waals surface area contributed by atoms with E-state index in [1.165, 1.54) is 6.26 Å². The Labute approximate surface area is 119 Å². The van der Waals surface area contributed by atoms with Gasteiger partial charge in [0.2, 0.25) is 0 Å². The number of imidazole rings is 1. The Kier molecular flexibility index (Phi) is 4.25. The summed E-state index contributed by atoms with van der Waals surface area (Å²) in [7, 11) is -3.16. The molecule has 2 aromatic rings. The first-order valence-electron chi connectivity index (χ1n) is 6.47. The molecule has 0 fully saturated rings. The quantitative estimate of drug-likeness (QED) is 0.881. The van der Waals surface area contributed by atoms with Gasteiger partial charge >= 0.3 is 0 Å². The molecule has 0 spiro atoms.